The highest BCUT2D eigenvalue weighted by Crippen LogP contribution is 2.22. The van der Waals surface area contributed by atoms with Crippen LogP contribution >= 0.6 is 22.9 Å². The quantitative estimate of drug-likeness (QED) is 0.664. The molecule has 0 aliphatic heterocycles. The molecule has 0 fully saturated rings. The molecular formula is C16H20ClNO2S. The van der Waals surface area contributed by atoms with Crippen LogP contribution in [0.1, 0.15) is 56.7 Å². The van der Waals surface area contributed by atoms with E-state index in [0.717, 1.165) is 35.3 Å². The van der Waals surface area contributed by atoms with Crippen molar-refractivity contribution < 1.29 is 4.79 Å². The number of thiazole rings is 1. The summed E-state index contributed by atoms with van der Waals surface area (Å²) in [4.78, 5) is 24.0. The highest BCUT2D eigenvalue weighted by molar-refractivity contribution is 7.16. The molecule has 1 aromatic carbocycles. The Morgan fingerprint density at radius 1 is 1.19 bits per heavy atom. The van der Waals surface area contributed by atoms with Crippen molar-refractivity contribution in [2.45, 2.75) is 51.9 Å². The van der Waals surface area contributed by atoms with Gasteiger partial charge in [-0.25, -0.2) is 4.57 Å². The van der Waals surface area contributed by atoms with Crippen molar-refractivity contribution in [2.75, 3.05) is 0 Å². The molecule has 2 aromatic rings. The molecule has 1 aromatic heterocycles. The minimum absolute atomic E-state index is 0.121. The van der Waals surface area contributed by atoms with Crippen LogP contribution in [0.5, 0.6) is 0 Å². The van der Waals surface area contributed by atoms with E-state index in [1.54, 1.807) is 18.2 Å². The van der Waals surface area contributed by atoms with Gasteiger partial charge in [-0.15, -0.1) is 0 Å². The van der Waals surface area contributed by atoms with Gasteiger partial charge < -0.3 is 0 Å². The van der Waals surface area contributed by atoms with E-state index in [4.69, 9.17) is 11.6 Å². The van der Waals surface area contributed by atoms with E-state index in [2.05, 4.69) is 6.92 Å². The molecule has 21 heavy (non-hydrogen) atoms. The van der Waals surface area contributed by atoms with Crippen molar-refractivity contribution in [1.82, 2.24) is 4.57 Å². The number of unbranched alkanes of at least 4 members (excludes halogenated alkanes) is 5. The first-order valence-electron chi connectivity index (χ1n) is 7.47. The molecule has 0 bridgehead atoms. The number of hydrogen-bond donors (Lipinski definition) is 0. The van der Waals surface area contributed by atoms with Gasteiger partial charge in [-0.05, 0) is 24.6 Å². The van der Waals surface area contributed by atoms with Gasteiger partial charge in [-0.3, -0.25) is 9.59 Å². The average molecular weight is 326 g/mol. The highest BCUT2D eigenvalue weighted by atomic mass is 35.5. The Hall–Kier alpha value is -1.13. The minimum atomic E-state index is -0.219. The van der Waals surface area contributed by atoms with E-state index in [1.165, 1.54) is 23.8 Å². The maximum absolute atomic E-state index is 12.3. The first kappa shape index (κ1) is 16.2. The molecule has 5 heteroatoms. The predicted octanol–water partition coefficient (Wildman–Crippen LogP) is 5.11. The van der Waals surface area contributed by atoms with Crippen LogP contribution in [-0.4, -0.2) is 10.5 Å². The monoisotopic (exact) mass is 325 g/mol. The average Bonchev–Trinajstić information content (AvgIpc) is 2.77. The fraction of sp³-hybridized carbons (Fsp3) is 0.500. The summed E-state index contributed by atoms with van der Waals surface area (Å²) < 4.78 is 2.08. The molecule has 1 heterocycles. The highest BCUT2D eigenvalue weighted by Gasteiger charge is 2.14. The van der Waals surface area contributed by atoms with Crippen LogP contribution in [0, 0.1) is 0 Å². The molecule has 0 radical (unpaired) electrons. The second-order valence-electron chi connectivity index (χ2n) is 5.23. The molecule has 0 aliphatic carbocycles. The van der Waals surface area contributed by atoms with Crippen molar-refractivity contribution >= 4 is 39.1 Å². The number of carbonyl (C=O) groups is 1. The molecule has 0 atom stereocenters. The summed E-state index contributed by atoms with van der Waals surface area (Å²) in [6.45, 7) is 2.18. The Bertz CT molecular complexity index is 674. The van der Waals surface area contributed by atoms with Crippen LogP contribution in [0.2, 0.25) is 5.02 Å². The van der Waals surface area contributed by atoms with E-state index in [0.29, 0.717) is 17.0 Å². The standard InChI is InChI=1S/C16H20ClNO2S/c1-2-3-4-5-6-7-8-15(19)18-13-11-12(17)9-10-14(13)21-16(18)20/h9-11H,2-8H2,1H3. The van der Waals surface area contributed by atoms with Crippen molar-refractivity contribution in [3.8, 4) is 0 Å². The topological polar surface area (TPSA) is 39.1 Å². The van der Waals surface area contributed by atoms with Crippen molar-refractivity contribution in [3.63, 3.8) is 0 Å². The van der Waals surface area contributed by atoms with Gasteiger partial charge in [0.2, 0.25) is 5.91 Å². The lowest BCUT2D eigenvalue weighted by Crippen LogP contribution is -2.21. The Morgan fingerprint density at radius 2 is 1.90 bits per heavy atom. The maximum atomic E-state index is 12.3. The van der Waals surface area contributed by atoms with Crippen LogP contribution in [-0.2, 0) is 0 Å². The van der Waals surface area contributed by atoms with Crippen molar-refractivity contribution in [3.05, 3.63) is 32.9 Å². The third kappa shape index (κ3) is 4.17. The molecule has 114 valence electrons. The Labute approximate surface area is 133 Å². The minimum Gasteiger partial charge on any atom is -0.274 e. The Kier molecular flexibility index (Phi) is 6.00. The number of carbonyl (C=O) groups excluding carboxylic acids is 1. The molecule has 3 nitrogen and oxygen atoms in total. The van der Waals surface area contributed by atoms with Gasteiger partial charge in [0.15, 0.2) is 0 Å². The zero-order valence-corrected chi connectivity index (χ0v) is 13.8. The molecule has 0 N–H and O–H groups in total. The first-order chi connectivity index (χ1) is 10.1. The second kappa shape index (κ2) is 7.76. The van der Waals surface area contributed by atoms with E-state index >= 15 is 0 Å². The molecule has 2 rings (SSSR count). The normalized spacial score (nSPS) is 11.1. The molecule has 0 amide bonds. The SMILES string of the molecule is CCCCCCCCC(=O)n1c(=O)sc2ccc(Cl)cc21. The lowest BCUT2D eigenvalue weighted by Gasteiger charge is -2.03. The van der Waals surface area contributed by atoms with E-state index in [1.807, 2.05) is 0 Å². The number of halogens is 1. The number of hydrogen-bond acceptors (Lipinski definition) is 3. The van der Waals surface area contributed by atoms with Gasteiger partial charge in [-0.1, -0.05) is 62.0 Å². The lowest BCUT2D eigenvalue weighted by atomic mass is 10.1. The smallest absolute Gasteiger partial charge is 0.274 e. The largest absolute Gasteiger partial charge is 0.314 e. The van der Waals surface area contributed by atoms with Crippen LogP contribution in [0.3, 0.4) is 0 Å². The summed E-state index contributed by atoms with van der Waals surface area (Å²) >= 11 is 7.05. The van der Waals surface area contributed by atoms with Gasteiger partial charge >= 0.3 is 4.87 Å². The Balaban J connectivity index is 2.01. The number of benzene rings is 1. The number of nitrogens with zero attached hydrogens (tertiary/aromatic N) is 1. The zero-order valence-electron chi connectivity index (χ0n) is 12.2. The number of rotatable bonds is 7. The third-order valence-corrected chi connectivity index (χ3v) is 4.69. The summed E-state index contributed by atoms with van der Waals surface area (Å²) in [7, 11) is 0. The van der Waals surface area contributed by atoms with E-state index in [-0.39, 0.29) is 10.8 Å². The maximum Gasteiger partial charge on any atom is 0.314 e. The van der Waals surface area contributed by atoms with E-state index in [9.17, 15) is 9.59 Å². The molecule has 0 unspecified atom stereocenters. The van der Waals surface area contributed by atoms with Crippen LogP contribution < -0.4 is 4.87 Å². The molecule has 0 saturated heterocycles. The van der Waals surface area contributed by atoms with Crippen LogP contribution in [0.4, 0.5) is 0 Å². The van der Waals surface area contributed by atoms with Crippen LogP contribution in [0.15, 0.2) is 23.0 Å². The van der Waals surface area contributed by atoms with Crippen LogP contribution in [0.25, 0.3) is 10.2 Å². The summed E-state index contributed by atoms with van der Waals surface area (Å²) in [5.74, 6) is -0.121. The molecule has 0 spiro atoms. The zero-order chi connectivity index (χ0) is 15.2. The summed E-state index contributed by atoms with van der Waals surface area (Å²) in [5.41, 5.74) is 0.633. The van der Waals surface area contributed by atoms with Crippen molar-refractivity contribution in [2.24, 2.45) is 0 Å². The Morgan fingerprint density at radius 3 is 2.67 bits per heavy atom. The second-order valence-corrected chi connectivity index (χ2v) is 6.66. The van der Waals surface area contributed by atoms with Gasteiger partial charge in [0, 0.05) is 11.4 Å². The molecule has 0 aliphatic rings. The fourth-order valence-corrected chi connectivity index (χ4v) is 3.43. The third-order valence-electron chi connectivity index (χ3n) is 3.54. The summed E-state index contributed by atoms with van der Waals surface area (Å²) in [6.07, 6.45) is 7.16. The lowest BCUT2D eigenvalue weighted by molar-refractivity contribution is 0.0902. The van der Waals surface area contributed by atoms with Gasteiger partial charge in [-0.2, -0.15) is 0 Å². The number of fused-ring (bicyclic) bond motifs is 1. The first-order valence-corrected chi connectivity index (χ1v) is 8.67. The molecular weight excluding hydrogens is 306 g/mol. The van der Waals surface area contributed by atoms with Gasteiger partial charge in [0.05, 0.1) is 10.2 Å². The number of aromatic nitrogens is 1. The van der Waals surface area contributed by atoms with Gasteiger partial charge in [0.1, 0.15) is 0 Å². The predicted molar refractivity (Wildman–Crippen MR) is 89.7 cm³/mol. The molecule has 0 saturated carbocycles. The van der Waals surface area contributed by atoms with Crippen molar-refractivity contribution in [1.29, 1.82) is 0 Å². The van der Waals surface area contributed by atoms with E-state index < -0.39 is 0 Å². The van der Waals surface area contributed by atoms with Gasteiger partial charge in [0.25, 0.3) is 0 Å². The fourth-order valence-electron chi connectivity index (χ4n) is 2.39. The summed E-state index contributed by atoms with van der Waals surface area (Å²) in [6, 6.07) is 5.22. The summed E-state index contributed by atoms with van der Waals surface area (Å²) in [5, 5.41) is 0.543.